The normalized spacial score (nSPS) is 16.1. The van der Waals surface area contributed by atoms with Crippen molar-refractivity contribution in [3.63, 3.8) is 0 Å². The number of nitrogens with one attached hydrogen (secondary N) is 1. The molecule has 218 valence electrons. The van der Waals surface area contributed by atoms with Gasteiger partial charge < -0.3 is 5.32 Å². The second-order valence-corrected chi connectivity index (χ2v) is 10.6. The molecule has 42 heavy (non-hydrogen) atoms. The molecule has 0 aromatic heterocycles. The first-order valence-electron chi connectivity index (χ1n) is 13.5. The molecule has 1 atom stereocenters. The average molecular weight is 583 g/mol. The Balaban J connectivity index is 1.34. The number of likely N-dealkylation sites (tertiary alicyclic amines) is 1. The number of carbonyl (C=O) groups is 1. The molecule has 0 spiro atoms. The van der Waals surface area contributed by atoms with Gasteiger partial charge in [-0.1, -0.05) is 60.7 Å². The van der Waals surface area contributed by atoms with E-state index in [1.165, 1.54) is 36.4 Å². The highest BCUT2D eigenvalue weighted by atomic mass is 19.4. The first kappa shape index (κ1) is 29.4. The molecule has 4 aromatic carbocycles. The van der Waals surface area contributed by atoms with Crippen molar-refractivity contribution in [2.45, 2.75) is 37.0 Å². The van der Waals surface area contributed by atoms with Gasteiger partial charge in [-0.25, -0.2) is 13.2 Å². The van der Waals surface area contributed by atoms with Gasteiger partial charge in [-0.05, 0) is 90.1 Å². The van der Waals surface area contributed by atoms with Crippen molar-refractivity contribution < 1.29 is 31.1 Å². The van der Waals surface area contributed by atoms with Gasteiger partial charge in [0.2, 0.25) is 5.91 Å². The fourth-order valence-corrected chi connectivity index (χ4v) is 5.49. The topological polar surface area (TPSA) is 32.3 Å². The maximum atomic E-state index is 14.1. The predicted molar refractivity (Wildman–Crippen MR) is 148 cm³/mol. The zero-order chi connectivity index (χ0) is 29.9. The van der Waals surface area contributed by atoms with E-state index < -0.39 is 35.2 Å². The molecule has 1 aliphatic rings. The Morgan fingerprint density at radius 1 is 0.714 bits per heavy atom. The highest BCUT2D eigenvalue weighted by molar-refractivity contribution is 5.89. The number of piperidine rings is 1. The summed E-state index contributed by atoms with van der Waals surface area (Å²) in [4.78, 5) is 15.9. The summed E-state index contributed by atoms with van der Waals surface area (Å²) in [6.45, 7) is 1.39. The summed E-state index contributed by atoms with van der Waals surface area (Å²) < 4.78 is 82.7. The first-order valence-corrected chi connectivity index (χ1v) is 13.5. The molecule has 0 aliphatic carbocycles. The van der Waals surface area contributed by atoms with Gasteiger partial charge in [0.25, 0.3) is 0 Å². The third kappa shape index (κ3) is 6.51. The van der Waals surface area contributed by atoms with Crippen molar-refractivity contribution in [2.75, 3.05) is 13.1 Å². The van der Waals surface area contributed by atoms with E-state index in [0.29, 0.717) is 25.2 Å². The summed E-state index contributed by atoms with van der Waals surface area (Å²) in [6.07, 6.45) is -4.39. The van der Waals surface area contributed by atoms with Crippen molar-refractivity contribution in [1.82, 2.24) is 10.2 Å². The fraction of sp³-hybridized carbons (Fsp3) is 0.242. The largest absolute Gasteiger partial charge is 0.412 e. The van der Waals surface area contributed by atoms with Gasteiger partial charge in [0, 0.05) is 6.54 Å². The lowest BCUT2D eigenvalue weighted by atomic mass is 9.71. The summed E-state index contributed by atoms with van der Waals surface area (Å²) in [6, 6.07) is 20.8. The number of carbonyl (C=O) groups excluding carboxylic acids is 1. The van der Waals surface area contributed by atoms with Crippen LogP contribution in [0, 0.1) is 17.5 Å². The van der Waals surface area contributed by atoms with Crippen molar-refractivity contribution in [3.05, 3.63) is 131 Å². The maximum absolute atomic E-state index is 14.1. The van der Waals surface area contributed by atoms with E-state index in [9.17, 15) is 31.1 Å². The fourth-order valence-electron chi connectivity index (χ4n) is 5.49. The smallest absolute Gasteiger partial charge is 0.340 e. The molecule has 1 heterocycles. The summed E-state index contributed by atoms with van der Waals surface area (Å²) in [5.41, 5.74) is 1.66. The molecular formula is C33H28F6N2O. The Hall–Kier alpha value is -4.11. The predicted octanol–water partition coefficient (Wildman–Crippen LogP) is 7.72. The number of hydrogen-bond acceptors (Lipinski definition) is 2. The van der Waals surface area contributed by atoms with E-state index in [1.54, 1.807) is 12.1 Å². The molecular weight excluding hydrogens is 554 g/mol. The SMILES string of the molecule is O=C(NC(c1ccc(F)cc1)C(F)(F)F)C1(c2ccc(F)cc2)CCN(Cc2ccc(-c3ccc(F)cc3)cc2)CC1. The minimum Gasteiger partial charge on any atom is -0.340 e. The summed E-state index contributed by atoms with van der Waals surface area (Å²) in [5.74, 6) is -2.33. The van der Waals surface area contributed by atoms with Crippen molar-refractivity contribution >= 4 is 5.91 Å². The zero-order valence-electron chi connectivity index (χ0n) is 22.5. The third-order valence-electron chi connectivity index (χ3n) is 7.88. The Labute approximate surface area is 239 Å². The number of alkyl halides is 3. The van der Waals surface area contributed by atoms with Crippen LogP contribution >= 0.6 is 0 Å². The standard InChI is InChI=1S/C33H28F6N2O/c34-27-11-5-24(6-12-27)23-3-1-22(2-4-23)21-41-19-17-32(18-20-41,26-9-15-29(36)16-10-26)31(42)40-30(33(37,38)39)25-7-13-28(35)14-8-25/h1-16,30H,17-21H2,(H,40,42). The molecule has 5 rings (SSSR count). The molecule has 1 N–H and O–H groups in total. The lowest BCUT2D eigenvalue weighted by molar-refractivity contribution is -0.165. The lowest BCUT2D eigenvalue weighted by Gasteiger charge is -2.42. The molecule has 9 heteroatoms. The van der Waals surface area contributed by atoms with E-state index in [1.807, 2.05) is 24.3 Å². The number of hydrogen-bond donors (Lipinski definition) is 1. The second-order valence-electron chi connectivity index (χ2n) is 10.6. The van der Waals surface area contributed by atoms with Crippen LogP contribution in [0.5, 0.6) is 0 Å². The quantitative estimate of drug-likeness (QED) is 0.226. The number of benzene rings is 4. The lowest BCUT2D eigenvalue weighted by Crippen LogP contribution is -2.53. The zero-order valence-corrected chi connectivity index (χ0v) is 22.5. The molecule has 1 saturated heterocycles. The maximum Gasteiger partial charge on any atom is 0.412 e. The monoisotopic (exact) mass is 582 g/mol. The second kappa shape index (κ2) is 12.0. The van der Waals surface area contributed by atoms with Gasteiger partial charge in [0.1, 0.15) is 17.5 Å². The molecule has 0 saturated carbocycles. The minimum atomic E-state index is -4.82. The number of halogens is 6. The van der Waals surface area contributed by atoms with Crippen LogP contribution in [0.25, 0.3) is 11.1 Å². The molecule has 1 fully saturated rings. The van der Waals surface area contributed by atoms with Crippen LogP contribution in [0.15, 0.2) is 97.1 Å². The van der Waals surface area contributed by atoms with Crippen LogP contribution in [0.4, 0.5) is 26.3 Å². The number of rotatable bonds is 7. The van der Waals surface area contributed by atoms with Crippen molar-refractivity contribution in [2.24, 2.45) is 0 Å². The van der Waals surface area contributed by atoms with E-state index in [4.69, 9.17) is 0 Å². The van der Waals surface area contributed by atoms with Crippen molar-refractivity contribution in [1.29, 1.82) is 0 Å². The molecule has 4 aromatic rings. The minimum absolute atomic E-state index is 0.214. The number of nitrogens with zero attached hydrogens (tertiary/aromatic N) is 1. The van der Waals surface area contributed by atoms with Crippen LogP contribution in [0.2, 0.25) is 0 Å². The van der Waals surface area contributed by atoms with Gasteiger partial charge in [0.05, 0.1) is 5.41 Å². The average Bonchev–Trinajstić information content (AvgIpc) is 2.97. The van der Waals surface area contributed by atoms with Crippen LogP contribution in [-0.2, 0) is 16.8 Å². The highest BCUT2D eigenvalue weighted by Gasteiger charge is 2.48. The van der Waals surface area contributed by atoms with Crippen molar-refractivity contribution in [3.8, 4) is 11.1 Å². The highest BCUT2D eigenvalue weighted by Crippen LogP contribution is 2.39. The summed E-state index contributed by atoms with van der Waals surface area (Å²) in [7, 11) is 0. The third-order valence-corrected chi connectivity index (χ3v) is 7.88. The molecule has 1 aliphatic heterocycles. The first-order chi connectivity index (χ1) is 20.0. The molecule has 1 unspecified atom stereocenters. The van der Waals surface area contributed by atoms with Gasteiger partial charge in [0.15, 0.2) is 6.04 Å². The molecule has 3 nitrogen and oxygen atoms in total. The summed E-state index contributed by atoms with van der Waals surface area (Å²) >= 11 is 0. The van der Waals surface area contributed by atoms with Gasteiger partial charge in [-0.2, -0.15) is 13.2 Å². The van der Waals surface area contributed by atoms with Crippen LogP contribution in [0.3, 0.4) is 0 Å². The molecule has 0 bridgehead atoms. The van der Waals surface area contributed by atoms with E-state index in [0.717, 1.165) is 41.0 Å². The van der Waals surface area contributed by atoms with Gasteiger partial charge in [-0.15, -0.1) is 0 Å². The number of amides is 1. The van der Waals surface area contributed by atoms with Crippen LogP contribution in [0.1, 0.15) is 35.6 Å². The molecule has 1 amide bonds. The summed E-state index contributed by atoms with van der Waals surface area (Å²) in [5, 5.41) is 2.18. The Bertz CT molecular complexity index is 1490. The van der Waals surface area contributed by atoms with Gasteiger partial charge in [-0.3, -0.25) is 9.69 Å². The van der Waals surface area contributed by atoms with Gasteiger partial charge >= 0.3 is 6.18 Å². The van der Waals surface area contributed by atoms with E-state index in [2.05, 4.69) is 10.2 Å². The van der Waals surface area contributed by atoms with E-state index in [-0.39, 0.29) is 24.2 Å². The Morgan fingerprint density at radius 2 is 1.17 bits per heavy atom. The van der Waals surface area contributed by atoms with E-state index >= 15 is 0 Å². The Morgan fingerprint density at radius 3 is 1.67 bits per heavy atom. The van der Waals surface area contributed by atoms with Crippen LogP contribution < -0.4 is 5.32 Å². The Kier molecular flexibility index (Phi) is 8.41. The molecule has 0 radical (unpaired) electrons. The van der Waals surface area contributed by atoms with Crippen LogP contribution in [-0.4, -0.2) is 30.1 Å².